The molecule has 100 valence electrons. The van der Waals surface area contributed by atoms with Crippen molar-refractivity contribution in [3.8, 4) is 0 Å². The normalized spacial score (nSPS) is 15.1. The minimum absolute atomic E-state index is 0.453. The maximum Gasteiger partial charge on any atom is 0.0745 e. The molecule has 3 rings (SSSR count). The average Bonchev–Trinajstić information content (AvgIpc) is 3.20. The number of hydrogen-bond donors (Lipinski definition) is 1. The van der Waals surface area contributed by atoms with Gasteiger partial charge in [-0.2, -0.15) is 0 Å². The van der Waals surface area contributed by atoms with Gasteiger partial charge in [-0.3, -0.25) is 4.98 Å². The van der Waals surface area contributed by atoms with Crippen LogP contribution in [0.1, 0.15) is 26.7 Å². The SMILES string of the molecule is CC(C)N(CC1CC1)c1c(N)cnc2ccccc12. The molecule has 19 heavy (non-hydrogen) atoms. The lowest BCUT2D eigenvalue weighted by Gasteiger charge is -2.31. The summed E-state index contributed by atoms with van der Waals surface area (Å²) in [6.45, 7) is 5.57. The predicted molar refractivity (Wildman–Crippen MR) is 81.4 cm³/mol. The number of anilines is 2. The van der Waals surface area contributed by atoms with Crippen LogP contribution in [0, 0.1) is 5.92 Å². The van der Waals surface area contributed by atoms with Crippen LogP contribution in [0.25, 0.3) is 10.9 Å². The number of aromatic nitrogens is 1. The second-order valence-electron chi connectivity index (χ2n) is 5.77. The van der Waals surface area contributed by atoms with E-state index in [1.807, 2.05) is 12.1 Å². The number of pyridine rings is 1. The summed E-state index contributed by atoms with van der Waals surface area (Å²) in [6, 6.07) is 8.71. The highest BCUT2D eigenvalue weighted by atomic mass is 15.2. The molecule has 1 aromatic heterocycles. The molecule has 2 aromatic rings. The van der Waals surface area contributed by atoms with E-state index >= 15 is 0 Å². The van der Waals surface area contributed by atoms with Gasteiger partial charge < -0.3 is 10.6 Å². The summed E-state index contributed by atoms with van der Waals surface area (Å²) in [5.74, 6) is 0.841. The molecule has 3 heteroatoms. The number of para-hydroxylation sites is 1. The number of benzene rings is 1. The van der Waals surface area contributed by atoms with Gasteiger partial charge in [-0.15, -0.1) is 0 Å². The van der Waals surface area contributed by atoms with Crippen molar-refractivity contribution in [2.75, 3.05) is 17.2 Å². The minimum Gasteiger partial charge on any atom is -0.396 e. The van der Waals surface area contributed by atoms with Crippen molar-refractivity contribution in [1.29, 1.82) is 0 Å². The highest BCUT2D eigenvalue weighted by Crippen LogP contribution is 2.37. The largest absolute Gasteiger partial charge is 0.396 e. The molecule has 1 aromatic carbocycles. The van der Waals surface area contributed by atoms with Gasteiger partial charge in [0.15, 0.2) is 0 Å². The molecule has 1 saturated carbocycles. The van der Waals surface area contributed by atoms with Crippen LogP contribution in [0.2, 0.25) is 0 Å². The molecular formula is C16H21N3. The molecule has 1 heterocycles. The molecule has 0 saturated heterocycles. The Balaban J connectivity index is 2.12. The van der Waals surface area contributed by atoms with Gasteiger partial charge in [0, 0.05) is 18.0 Å². The van der Waals surface area contributed by atoms with Crippen LogP contribution in [0.4, 0.5) is 11.4 Å². The van der Waals surface area contributed by atoms with Crippen LogP contribution in [-0.2, 0) is 0 Å². The molecule has 2 N–H and O–H groups in total. The molecule has 0 aliphatic heterocycles. The summed E-state index contributed by atoms with van der Waals surface area (Å²) in [4.78, 5) is 6.87. The van der Waals surface area contributed by atoms with E-state index in [0.717, 1.165) is 34.7 Å². The number of nitrogen functional groups attached to an aromatic ring is 1. The maximum atomic E-state index is 6.22. The lowest BCUT2D eigenvalue weighted by Crippen LogP contribution is -2.33. The summed E-state index contributed by atoms with van der Waals surface area (Å²) in [5, 5.41) is 1.16. The van der Waals surface area contributed by atoms with E-state index < -0.39 is 0 Å². The van der Waals surface area contributed by atoms with Gasteiger partial charge in [0.05, 0.1) is 23.1 Å². The summed E-state index contributed by atoms with van der Waals surface area (Å²) in [5.41, 5.74) is 9.18. The molecule has 0 radical (unpaired) electrons. The fraction of sp³-hybridized carbons (Fsp3) is 0.438. The van der Waals surface area contributed by atoms with E-state index in [4.69, 9.17) is 5.73 Å². The minimum atomic E-state index is 0.453. The molecule has 1 fully saturated rings. The van der Waals surface area contributed by atoms with Crippen molar-refractivity contribution >= 4 is 22.3 Å². The second-order valence-corrected chi connectivity index (χ2v) is 5.77. The van der Waals surface area contributed by atoms with Crippen LogP contribution in [0.5, 0.6) is 0 Å². The van der Waals surface area contributed by atoms with Crippen molar-refractivity contribution in [3.05, 3.63) is 30.5 Å². The Bertz CT molecular complexity index is 588. The van der Waals surface area contributed by atoms with E-state index in [1.165, 1.54) is 12.8 Å². The first kappa shape index (κ1) is 12.3. The quantitative estimate of drug-likeness (QED) is 0.910. The summed E-state index contributed by atoms with van der Waals surface area (Å²) in [7, 11) is 0. The van der Waals surface area contributed by atoms with E-state index in [9.17, 15) is 0 Å². The molecule has 0 unspecified atom stereocenters. The van der Waals surface area contributed by atoms with E-state index in [-0.39, 0.29) is 0 Å². The second kappa shape index (κ2) is 4.72. The van der Waals surface area contributed by atoms with Gasteiger partial charge in [-0.25, -0.2) is 0 Å². The average molecular weight is 255 g/mol. The van der Waals surface area contributed by atoms with Crippen LogP contribution < -0.4 is 10.6 Å². The third-order valence-corrected chi connectivity index (χ3v) is 3.84. The first-order valence-electron chi connectivity index (χ1n) is 7.06. The molecule has 1 aliphatic carbocycles. The fourth-order valence-corrected chi connectivity index (χ4v) is 2.60. The van der Waals surface area contributed by atoms with Crippen molar-refractivity contribution in [2.24, 2.45) is 5.92 Å². The zero-order chi connectivity index (χ0) is 13.4. The Morgan fingerprint density at radius 2 is 2.05 bits per heavy atom. The van der Waals surface area contributed by atoms with Crippen molar-refractivity contribution in [1.82, 2.24) is 4.98 Å². The Morgan fingerprint density at radius 3 is 2.74 bits per heavy atom. The van der Waals surface area contributed by atoms with Crippen molar-refractivity contribution in [3.63, 3.8) is 0 Å². The monoisotopic (exact) mass is 255 g/mol. The molecule has 0 bridgehead atoms. The molecular weight excluding hydrogens is 234 g/mol. The van der Waals surface area contributed by atoms with Crippen LogP contribution >= 0.6 is 0 Å². The number of fused-ring (bicyclic) bond motifs is 1. The highest BCUT2D eigenvalue weighted by molar-refractivity contribution is 5.97. The Labute approximate surface area is 114 Å². The summed E-state index contributed by atoms with van der Waals surface area (Å²) in [6.07, 6.45) is 4.50. The Morgan fingerprint density at radius 1 is 1.32 bits per heavy atom. The molecule has 1 aliphatic rings. The zero-order valence-electron chi connectivity index (χ0n) is 11.6. The molecule has 0 amide bonds. The first-order chi connectivity index (χ1) is 9.16. The van der Waals surface area contributed by atoms with Gasteiger partial charge in [0.1, 0.15) is 0 Å². The third kappa shape index (κ3) is 2.37. The van der Waals surface area contributed by atoms with Crippen LogP contribution in [-0.4, -0.2) is 17.6 Å². The lowest BCUT2D eigenvalue weighted by molar-refractivity contribution is 0.647. The van der Waals surface area contributed by atoms with Gasteiger partial charge >= 0.3 is 0 Å². The zero-order valence-corrected chi connectivity index (χ0v) is 11.6. The number of rotatable bonds is 4. The van der Waals surface area contributed by atoms with Gasteiger partial charge in [-0.1, -0.05) is 18.2 Å². The molecule has 0 spiro atoms. The number of hydrogen-bond acceptors (Lipinski definition) is 3. The lowest BCUT2D eigenvalue weighted by atomic mass is 10.1. The van der Waals surface area contributed by atoms with Gasteiger partial charge in [-0.05, 0) is 38.7 Å². The van der Waals surface area contributed by atoms with E-state index in [0.29, 0.717) is 6.04 Å². The summed E-state index contributed by atoms with van der Waals surface area (Å²) >= 11 is 0. The topological polar surface area (TPSA) is 42.1 Å². The predicted octanol–water partition coefficient (Wildman–Crippen LogP) is 3.44. The third-order valence-electron chi connectivity index (χ3n) is 3.84. The fourth-order valence-electron chi connectivity index (χ4n) is 2.60. The van der Waals surface area contributed by atoms with Crippen LogP contribution in [0.3, 0.4) is 0 Å². The Hall–Kier alpha value is -1.77. The first-order valence-corrected chi connectivity index (χ1v) is 7.06. The van der Waals surface area contributed by atoms with E-state index in [2.05, 4.69) is 35.9 Å². The number of nitrogens with zero attached hydrogens (tertiary/aromatic N) is 2. The summed E-state index contributed by atoms with van der Waals surface area (Å²) < 4.78 is 0. The number of nitrogens with two attached hydrogens (primary N) is 1. The van der Waals surface area contributed by atoms with Crippen molar-refractivity contribution < 1.29 is 0 Å². The van der Waals surface area contributed by atoms with E-state index in [1.54, 1.807) is 6.20 Å². The van der Waals surface area contributed by atoms with Gasteiger partial charge in [0.2, 0.25) is 0 Å². The van der Waals surface area contributed by atoms with Crippen LogP contribution in [0.15, 0.2) is 30.5 Å². The highest BCUT2D eigenvalue weighted by Gasteiger charge is 2.27. The molecule has 3 nitrogen and oxygen atoms in total. The maximum absolute atomic E-state index is 6.22. The standard InChI is InChI=1S/C16H21N3/c1-11(2)19(10-12-7-8-12)16-13-5-3-4-6-15(13)18-9-14(16)17/h3-6,9,11-12H,7-8,10,17H2,1-2H3. The molecule has 0 atom stereocenters. The smallest absolute Gasteiger partial charge is 0.0745 e. The van der Waals surface area contributed by atoms with Gasteiger partial charge in [0.25, 0.3) is 0 Å². The van der Waals surface area contributed by atoms with Crippen molar-refractivity contribution in [2.45, 2.75) is 32.7 Å². The Kier molecular flexibility index (Phi) is 3.05.